The van der Waals surface area contributed by atoms with Crippen LogP contribution in [-0.2, 0) is 9.59 Å². The van der Waals surface area contributed by atoms with E-state index in [0.717, 1.165) is 0 Å². The Balaban J connectivity index is 3.97. The van der Waals surface area contributed by atoms with Crippen molar-refractivity contribution < 1.29 is 14.7 Å². The molecule has 88 valence electrons. The molecule has 0 rings (SSSR count). The number of aliphatic hydroxyl groups is 1. The quantitative estimate of drug-likeness (QED) is 0.643. The van der Waals surface area contributed by atoms with Crippen LogP contribution in [0.25, 0.3) is 0 Å². The van der Waals surface area contributed by atoms with E-state index in [1.54, 1.807) is 4.90 Å². The SMILES string of the molecule is CC(=O)NCCC(=O)N(CCO)C(C)C. The van der Waals surface area contributed by atoms with Gasteiger partial charge in [-0.25, -0.2) is 0 Å². The van der Waals surface area contributed by atoms with Crippen molar-refractivity contribution >= 4 is 11.8 Å². The summed E-state index contributed by atoms with van der Waals surface area (Å²) in [5.41, 5.74) is 0. The first-order valence-corrected chi connectivity index (χ1v) is 5.13. The molecule has 0 spiro atoms. The normalized spacial score (nSPS) is 10.2. The van der Waals surface area contributed by atoms with Gasteiger partial charge in [-0.15, -0.1) is 0 Å². The second kappa shape index (κ2) is 7.23. The summed E-state index contributed by atoms with van der Waals surface area (Å²) in [4.78, 5) is 23.8. The smallest absolute Gasteiger partial charge is 0.224 e. The molecule has 0 saturated carbocycles. The summed E-state index contributed by atoms with van der Waals surface area (Å²) < 4.78 is 0. The molecule has 5 nitrogen and oxygen atoms in total. The number of carbonyl (C=O) groups excluding carboxylic acids is 2. The molecule has 0 aromatic rings. The van der Waals surface area contributed by atoms with Crippen molar-refractivity contribution in [2.24, 2.45) is 0 Å². The summed E-state index contributed by atoms with van der Waals surface area (Å²) in [6.07, 6.45) is 0.276. The predicted octanol–water partition coefficient (Wildman–Crippen LogP) is -0.258. The molecule has 0 aromatic carbocycles. The molecule has 0 radical (unpaired) electrons. The Kier molecular flexibility index (Phi) is 6.70. The molecule has 0 saturated heterocycles. The van der Waals surface area contributed by atoms with Crippen LogP contribution in [0.4, 0.5) is 0 Å². The van der Waals surface area contributed by atoms with Gasteiger partial charge in [0, 0.05) is 32.5 Å². The zero-order chi connectivity index (χ0) is 11.8. The van der Waals surface area contributed by atoms with Crippen molar-refractivity contribution in [2.75, 3.05) is 19.7 Å². The average molecular weight is 216 g/mol. The van der Waals surface area contributed by atoms with Gasteiger partial charge in [0.2, 0.25) is 11.8 Å². The Bertz CT molecular complexity index is 217. The highest BCUT2D eigenvalue weighted by molar-refractivity contribution is 5.78. The number of nitrogens with one attached hydrogen (secondary N) is 1. The fourth-order valence-corrected chi connectivity index (χ4v) is 1.27. The van der Waals surface area contributed by atoms with Gasteiger partial charge in [-0.1, -0.05) is 0 Å². The highest BCUT2D eigenvalue weighted by Crippen LogP contribution is 2.00. The molecule has 0 unspecified atom stereocenters. The van der Waals surface area contributed by atoms with E-state index in [1.165, 1.54) is 6.92 Å². The van der Waals surface area contributed by atoms with E-state index >= 15 is 0 Å². The average Bonchev–Trinajstić information content (AvgIpc) is 2.12. The molecule has 2 amide bonds. The molecule has 0 aliphatic rings. The van der Waals surface area contributed by atoms with E-state index in [0.29, 0.717) is 13.1 Å². The van der Waals surface area contributed by atoms with Gasteiger partial charge in [-0.2, -0.15) is 0 Å². The van der Waals surface area contributed by atoms with Crippen LogP contribution in [0.1, 0.15) is 27.2 Å². The number of amides is 2. The Labute approximate surface area is 90.5 Å². The third-order valence-corrected chi connectivity index (χ3v) is 2.00. The number of aliphatic hydroxyl groups excluding tert-OH is 1. The summed E-state index contributed by atoms with van der Waals surface area (Å²) in [6, 6.07) is 0.0713. The minimum Gasteiger partial charge on any atom is -0.395 e. The molecule has 5 heteroatoms. The molecule has 0 atom stereocenters. The van der Waals surface area contributed by atoms with Crippen LogP contribution in [-0.4, -0.2) is 47.6 Å². The highest BCUT2D eigenvalue weighted by Gasteiger charge is 2.15. The molecule has 0 fully saturated rings. The van der Waals surface area contributed by atoms with Crippen molar-refractivity contribution in [3.05, 3.63) is 0 Å². The number of carbonyl (C=O) groups is 2. The molecule has 0 bridgehead atoms. The Hall–Kier alpha value is -1.10. The summed E-state index contributed by atoms with van der Waals surface area (Å²) in [5, 5.41) is 11.3. The number of hydrogen-bond acceptors (Lipinski definition) is 3. The van der Waals surface area contributed by atoms with E-state index in [1.807, 2.05) is 13.8 Å². The van der Waals surface area contributed by atoms with E-state index < -0.39 is 0 Å². The van der Waals surface area contributed by atoms with Crippen molar-refractivity contribution in [2.45, 2.75) is 33.2 Å². The maximum atomic E-state index is 11.6. The van der Waals surface area contributed by atoms with Gasteiger partial charge in [0.1, 0.15) is 0 Å². The third kappa shape index (κ3) is 6.06. The van der Waals surface area contributed by atoms with Gasteiger partial charge in [0.05, 0.1) is 6.61 Å². The lowest BCUT2D eigenvalue weighted by molar-refractivity contribution is -0.133. The summed E-state index contributed by atoms with van der Waals surface area (Å²) in [5.74, 6) is -0.186. The number of nitrogens with zero attached hydrogens (tertiary/aromatic N) is 1. The van der Waals surface area contributed by atoms with Crippen LogP contribution < -0.4 is 5.32 Å². The second-order valence-electron chi connectivity index (χ2n) is 3.64. The third-order valence-electron chi connectivity index (χ3n) is 2.00. The Morgan fingerprint density at radius 3 is 2.40 bits per heavy atom. The van der Waals surface area contributed by atoms with Crippen molar-refractivity contribution in [1.82, 2.24) is 10.2 Å². The summed E-state index contributed by atoms with van der Waals surface area (Å²) in [6.45, 7) is 5.86. The summed E-state index contributed by atoms with van der Waals surface area (Å²) >= 11 is 0. The molecular weight excluding hydrogens is 196 g/mol. The first kappa shape index (κ1) is 13.9. The van der Waals surface area contributed by atoms with Crippen LogP contribution in [0.5, 0.6) is 0 Å². The highest BCUT2D eigenvalue weighted by atomic mass is 16.3. The first-order valence-electron chi connectivity index (χ1n) is 5.13. The fraction of sp³-hybridized carbons (Fsp3) is 0.800. The van der Waals surface area contributed by atoms with Gasteiger partial charge in [0.15, 0.2) is 0 Å². The van der Waals surface area contributed by atoms with E-state index in [4.69, 9.17) is 5.11 Å². The van der Waals surface area contributed by atoms with Crippen LogP contribution in [0.15, 0.2) is 0 Å². The van der Waals surface area contributed by atoms with E-state index in [9.17, 15) is 9.59 Å². The van der Waals surface area contributed by atoms with Gasteiger partial charge in [-0.3, -0.25) is 9.59 Å². The number of rotatable bonds is 6. The lowest BCUT2D eigenvalue weighted by atomic mass is 10.2. The lowest BCUT2D eigenvalue weighted by Crippen LogP contribution is -2.40. The van der Waals surface area contributed by atoms with Crippen LogP contribution >= 0.6 is 0 Å². The van der Waals surface area contributed by atoms with Gasteiger partial charge >= 0.3 is 0 Å². The van der Waals surface area contributed by atoms with Gasteiger partial charge in [-0.05, 0) is 13.8 Å². The largest absolute Gasteiger partial charge is 0.395 e. The van der Waals surface area contributed by atoms with Crippen molar-refractivity contribution in [1.29, 1.82) is 0 Å². The van der Waals surface area contributed by atoms with Gasteiger partial charge < -0.3 is 15.3 Å². The van der Waals surface area contributed by atoms with Crippen LogP contribution in [0.2, 0.25) is 0 Å². The molecule has 0 aromatic heterocycles. The molecule has 2 N–H and O–H groups in total. The molecular formula is C10H20N2O3. The molecule has 0 heterocycles. The molecule has 0 aliphatic heterocycles. The Morgan fingerprint density at radius 1 is 1.40 bits per heavy atom. The van der Waals surface area contributed by atoms with Crippen LogP contribution in [0, 0.1) is 0 Å². The molecule has 0 aliphatic carbocycles. The number of hydrogen-bond donors (Lipinski definition) is 2. The molecule has 15 heavy (non-hydrogen) atoms. The summed E-state index contributed by atoms with van der Waals surface area (Å²) in [7, 11) is 0. The van der Waals surface area contributed by atoms with Crippen molar-refractivity contribution in [3.8, 4) is 0 Å². The van der Waals surface area contributed by atoms with E-state index in [2.05, 4.69) is 5.32 Å². The van der Waals surface area contributed by atoms with Crippen LogP contribution in [0.3, 0.4) is 0 Å². The monoisotopic (exact) mass is 216 g/mol. The zero-order valence-electron chi connectivity index (χ0n) is 9.62. The first-order chi connectivity index (χ1) is 6.99. The lowest BCUT2D eigenvalue weighted by Gasteiger charge is -2.25. The topological polar surface area (TPSA) is 69.6 Å². The maximum Gasteiger partial charge on any atom is 0.224 e. The maximum absolute atomic E-state index is 11.6. The van der Waals surface area contributed by atoms with Gasteiger partial charge in [0.25, 0.3) is 0 Å². The standard InChI is InChI=1S/C10H20N2O3/c1-8(2)12(6-7-13)10(15)4-5-11-9(3)14/h8,13H,4-7H2,1-3H3,(H,11,14). The minimum absolute atomic E-state index is 0.0376. The predicted molar refractivity (Wildman–Crippen MR) is 57.2 cm³/mol. The minimum atomic E-state index is -0.138. The fourth-order valence-electron chi connectivity index (χ4n) is 1.27. The second-order valence-corrected chi connectivity index (χ2v) is 3.64. The van der Waals surface area contributed by atoms with E-state index in [-0.39, 0.29) is 30.9 Å². The Morgan fingerprint density at radius 2 is 2.00 bits per heavy atom. The van der Waals surface area contributed by atoms with Crippen molar-refractivity contribution in [3.63, 3.8) is 0 Å². The zero-order valence-corrected chi connectivity index (χ0v) is 9.62.